The van der Waals surface area contributed by atoms with Crippen molar-refractivity contribution < 1.29 is 4.79 Å². The number of hydrogen-bond donors (Lipinski definition) is 1. The van der Waals surface area contributed by atoms with Gasteiger partial charge in [0.1, 0.15) is 0 Å². The summed E-state index contributed by atoms with van der Waals surface area (Å²) in [5.74, 6) is 0.120. The highest BCUT2D eigenvalue weighted by molar-refractivity contribution is 9.11. The van der Waals surface area contributed by atoms with Crippen LogP contribution in [0.4, 0.5) is 0 Å². The molecule has 1 heterocycles. The van der Waals surface area contributed by atoms with E-state index in [4.69, 9.17) is 0 Å². The van der Waals surface area contributed by atoms with Gasteiger partial charge in [0.15, 0.2) is 0 Å². The van der Waals surface area contributed by atoms with Crippen LogP contribution in [0, 0.1) is 12.8 Å². The molecule has 0 bridgehead atoms. The van der Waals surface area contributed by atoms with Crippen molar-refractivity contribution in [3.63, 3.8) is 0 Å². The first-order valence-electron chi connectivity index (χ1n) is 5.59. The second kappa shape index (κ2) is 6.52. The molecule has 1 aromatic rings. The molecule has 5 heteroatoms. The van der Waals surface area contributed by atoms with Gasteiger partial charge in [0, 0.05) is 30.9 Å². The summed E-state index contributed by atoms with van der Waals surface area (Å²) >= 11 is 5.29. The Bertz CT molecular complexity index is 372. The Morgan fingerprint density at radius 2 is 2.29 bits per heavy atom. The summed E-state index contributed by atoms with van der Waals surface area (Å²) in [5.41, 5.74) is 1.28. The van der Waals surface area contributed by atoms with Crippen LogP contribution < -0.4 is 5.32 Å². The van der Waals surface area contributed by atoms with E-state index in [1.807, 2.05) is 14.0 Å². The van der Waals surface area contributed by atoms with Crippen molar-refractivity contribution in [2.75, 3.05) is 20.6 Å². The minimum atomic E-state index is 0.0227. The first-order valence-corrected chi connectivity index (χ1v) is 7.20. The molecule has 17 heavy (non-hydrogen) atoms. The van der Waals surface area contributed by atoms with Crippen LogP contribution in [0.1, 0.15) is 17.4 Å². The predicted octanol–water partition coefficient (Wildman–Crippen LogP) is 2.63. The van der Waals surface area contributed by atoms with E-state index < -0.39 is 0 Å². The number of nitrogens with one attached hydrogen (secondary N) is 1. The maximum absolute atomic E-state index is 11.4. The van der Waals surface area contributed by atoms with Gasteiger partial charge in [0.25, 0.3) is 0 Å². The van der Waals surface area contributed by atoms with Crippen molar-refractivity contribution in [1.29, 1.82) is 0 Å². The van der Waals surface area contributed by atoms with Crippen LogP contribution in [-0.4, -0.2) is 31.4 Å². The van der Waals surface area contributed by atoms with Gasteiger partial charge in [-0.05, 0) is 41.5 Å². The van der Waals surface area contributed by atoms with E-state index in [-0.39, 0.29) is 11.8 Å². The molecular weight excluding hydrogens is 300 g/mol. The Morgan fingerprint density at radius 1 is 1.65 bits per heavy atom. The molecule has 1 atom stereocenters. The third-order valence-electron chi connectivity index (χ3n) is 2.61. The Kier molecular flexibility index (Phi) is 5.62. The van der Waals surface area contributed by atoms with Crippen molar-refractivity contribution in [1.82, 2.24) is 10.2 Å². The summed E-state index contributed by atoms with van der Waals surface area (Å²) in [7, 11) is 3.72. The van der Waals surface area contributed by atoms with Crippen molar-refractivity contribution in [2.24, 2.45) is 5.92 Å². The number of carbonyl (C=O) groups excluding carboxylic acids is 1. The molecule has 3 nitrogen and oxygen atoms in total. The van der Waals surface area contributed by atoms with E-state index in [9.17, 15) is 4.79 Å². The Labute approximate surface area is 115 Å². The molecule has 0 saturated carbocycles. The summed E-state index contributed by atoms with van der Waals surface area (Å²) in [6.45, 7) is 5.70. The number of rotatable bonds is 5. The number of halogens is 1. The van der Waals surface area contributed by atoms with E-state index in [1.165, 1.54) is 14.2 Å². The number of amides is 1. The summed E-state index contributed by atoms with van der Waals surface area (Å²) in [5, 5.41) is 2.68. The van der Waals surface area contributed by atoms with E-state index in [2.05, 4.69) is 39.1 Å². The molecule has 0 fully saturated rings. The van der Waals surface area contributed by atoms with Gasteiger partial charge in [-0.1, -0.05) is 6.92 Å². The number of carbonyl (C=O) groups is 1. The summed E-state index contributed by atoms with van der Waals surface area (Å²) < 4.78 is 1.19. The average molecular weight is 319 g/mol. The van der Waals surface area contributed by atoms with E-state index in [0.29, 0.717) is 0 Å². The lowest BCUT2D eigenvalue weighted by Crippen LogP contribution is -2.34. The van der Waals surface area contributed by atoms with E-state index in [0.717, 1.165) is 13.1 Å². The molecular formula is C12H19BrN2OS. The van der Waals surface area contributed by atoms with Crippen LogP contribution >= 0.6 is 27.3 Å². The number of hydrogen-bond acceptors (Lipinski definition) is 3. The zero-order valence-corrected chi connectivity index (χ0v) is 13.1. The smallest absolute Gasteiger partial charge is 0.223 e. The summed E-state index contributed by atoms with van der Waals surface area (Å²) in [4.78, 5) is 14.9. The second-order valence-electron chi connectivity index (χ2n) is 4.38. The lowest BCUT2D eigenvalue weighted by atomic mass is 10.1. The SMILES string of the molecule is CNC(=O)[C@@H](C)CN(C)Cc1cc(C)c(Br)s1. The first kappa shape index (κ1) is 14.7. The van der Waals surface area contributed by atoms with Gasteiger partial charge in [0.05, 0.1) is 3.79 Å². The van der Waals surface area contributed by atoms with Gasteiger partial charge in [-0.2, -0.15) is 0 Å². The molecule has 0 saturated heterocycles. The molecule has 96 valence electrons. The lowest BCUT2D eigenvalue weighted by molar-refractivity contribution is -0.124. The highest BCUT2D eigenvalue weighted by Crippen LogP contribution is 2.28. The lowest BCUT2D eigenvalue weighted by Gasteiger charge is -2.19. The predicted molar refractivity (Wildman–Crippen MR) is 76.3 cm³/mol. The largest absolute Gasteiger partial charge is 0.359 e. The molecule has 0 spiro atoms. The van der Waals surface area contributed by atoms with Crippen LogP contribution in [0.15, 0.2) is 9.85 Å². The summed E-state index contributed by atoms with van der Waals surface area (Å²) in [6.07, 6.45) is 0. The highest BCUT2D eigenvalue weighted by atomic mass is 79.9. The standard InChI is InChI=1S/C12H19BrN2OS/c1-8-5-10(17-11(8)13)7-15(4)6-9(2)12(16)14-3/h5,9H,6-7H2,1-4H3,(H,14,16)/t9-/m0/s1. The molecule has 0 unspecified atom stereocenters. The molecule has 1 amide bonds. The van der Waals surface area contributed by atoms with E-state index in [1.54, 1.807) is 18.4 Å². The molecule has 0 aliphatic rings. The van der Waals surface area contributed by atoms with Gasteiger partial charge in [0.2, 0.25) is 5.91 Å². The first-order chi connectivity index (χ1) is 7.93. The number of nitrogens with zero attached hydrogens (tertiary/aromatic N) is 1. The fourth-order valence-electron chi connectivity index (χ4n) is 1.73. The monoisotopic (exact) mass is 318 g/mol. The fraction of sp³-hybridized carbons (Fsp3) is 0.583. The number of thiophene rings is 1. The van der Waals surface area contributed by atoms with Crippen LogP contribution in [-0.2, 0) is 11.3 Å². The average Bonchev–Trinajstić information content (AvgIpc) is 2.56. The van der Waals surface area contributed by atoms with Crippen LogP contribution in [0.25, 0.3) is 0 Å². The van der Waals surface area contributed by atoms with Crippen molar-refractivity contribution in [2.45, 2.75) is 20.4 Å². The Hall–Kier alpha value is -0.390. The zero-order chi connectivity index (χ0) is 13.0. The maximum Gasteiger partial charge on any atom is 0.223 e. The highest BCUT2D eigenvalue weighted by Gasteiger charge is 2.14. The third kappa shape index (κ3) is 4.41. The molecule has 0 radical (unpaired) electrons. The molecule has 0 aromatic carbocycles. The minimum Gasteiger partial charge on any atom is -0.359 e. The van der Waals surface area contributed by atoms with Crippen LogP contribution in [0.3, 0.4) is 0 Å². The van der Waals surface area contributed by atoms with Gasteiger partial charge >= 0.3 is 0 Å². The number of aryl methyl sites for hydroxylation is 1. The molecule has 0 aliphatic heterocycles. The van der Waals surface area contributed by atoms with Gasteiger partial charge in [-0.25, -0.2) is 0 Å². The van der Waals surface area contributed by atoms with Crippen molar-refractivity contribution in [3.05, 3.63) is 20.3 Å². The molecule has 1 N–H and O–H groups in total. The maximum atomic E-state index is 11.4. The van der Waals surface area contributed by atoms with Crippen LogP contribution in [0.5, 0.6) is 0 Å². The quantitative estimate of drug-likeness (QED) is 0.905. The van der Waals surface area contributed by atoms with Gasteiger partial charge in [-0.15, -0.1) is 11.3 Å². The second-order valence-corrected chi connectivity index (χ2v) is 6.84. The van der Waals surface area contributed by atoms with Crippen molar-refractivity contribution in [3.8, 4) is 0 Å². The minimum absolute atomic E-state index is 0.0227. The zero-order valence-electron chi connectivity index (χ0n) is 10.7. The summed E-state index contributed by atoms with van der Waals surface area (Å²) in [6, 6.07) is 2.19. The topological polar surface area (TPSA) is 32.3 Å². The van der Waals surface area contributed by atoms with Gasteiger partial charge in [-0.3, -0.25) is 4.79 Å². The van der Waals surface area contributed by atoms with Crippen molar-refractivity contribution >= 4 is 33.2 Å². The van der Waals surface area contributed by atoms with Gasteiger partial charge < -0.3 is 10.2 Å². The molecule has 1 aromatic heterocycles. The van der Waals surface area contributed by atoms with E-state index >= 15 is 0 Å². The molecule has 0 aliphatic carbocycles. The Balaban J connectivity index is 2.49. The normalized spacial score (nSPS) is 12.8. The third-order valence-corrected chi connectivity index (χ3v) is 4.73. The van der Waals surface area contributed by atoms with Crippen LogP contribution in [0.2, 0.25) is 0 Å². The fourth-order valence-corrected chi connectivity index (χ4v) is 3.44. The Morgan fingerprint density at radius 3 is 2.76 bits per heavy atom. The molecule has 1 rings (SSSR count).